The smallest absolute Gasteiger partial charge is 0.269 e. The lowest BCUT2D eigenvalue weighted by atomic mass is 10.1. The first-order valence-corrected chi connectivity index (χ1v) is 10.7. The molecule has 3 N–H and O–H groups in total. The van der Waals surface area contributed by atoms with Gasteiger partial charge in [0.25, 0.3) is 5.69 Å². The molecule has 1 fully saturated rings. The standard InChI is InChI=1S/C21H34N6O3.HI/c1-3-23-21(25-18-11-14-26(15-12-18)16-20(28)22-2)24-13-5-4-6-17-7-9-19(10-8-17)27(29)30;/h7-10,18H,3-6,11-16H2,1-2H3,(H,22,28)(H2,23,24,25);1H. The molecule has 174 valence electrons. The minimum Gasteiger partial charge on any atom is -0.358 e. The van der Waals surface area contributed by atoms with Gasteiger partial charge in [-0.15, -0.1) is 24.0 Å². The zero-order valence-corrected chi connectivity index (χ0v) is 20.8. The minimum atomic E-state index is -0.375. The van der Waals surface area contributed by atoms with Gasteiger partial charge < -0.3 is 16.0 Å². The lowest BCUT2D eigenvalue weighted by Gasteiger charge is -2.32. The summed E-state index contributed by atoms with van der Waals surface area (Å²) in [6, 6.07) is 7.12. The number of aliphatic imine (C=N–C) groups is 1. The van der Waals surface area contributed by atoms with E-state index >= 15 is 0 Å². The van der Waals surface area contributed by atoms with Gasteiger partial charge in [-0.2, -0.15) is 0 Å². The van der Waals surface area contributed by atoms with Gasteiger partial charge >= 0.3 is 0 Å². The molecule has 1 aromatic carbocycles. The highest BCUT2D eigenvalue weighted by Gasteiger charge is 2.21. The van der Waals surface area contributed by atoms with Crippen LogP contribution in [-0.4, -0.2) is 67.5 Å². The van der Waals surface area contributed by atoms with E-state index < -0.39 is 0 Å². The Balaban J connectivity index is 0.00000480. The second-order valence-electron chi connectivity index (χ2n) is 7.51. The molecule has 1 heterocycles. The Morgan fingerprint density at radius 3 is 2.48 bits per heavy atom. The fourth-order valence-corrected chi connectivity index (χ4v) is 3.45. The highest BCUT2D eigenvalue weighted by molar-refractivity contribution is 14.0. The summed E-state index contributed by atoms with van der Waals surface area (Å²) >= 11 is 0. The van der Waals surface area contributed by atoms with E-state index in [0.29, 0.717) is 12.6 Å². The molecule has 9 nitrogen and oxygen atoms in total. The van der Waals surface area contributed by atoms with Crippen molar-refractivity contribution >= 4 is 41.5 Å². The van der Waals surface area contributed by atoms with Gasteiger partial charge in [0.1, 0.15) is 0 Å². The largest absolute Gasteiger partial charge is 0.358 e. The van der Waals surface area contributed by atoms with Crippen molar-refractivity contribution in [2.45, 2.75) is 45.1 Å². The number of carbonyl (C=O) groups is 1. The van der Waals surface area contributed by atoms with E-state index in [1.807, 2.05) is 12.1 Å². The molecule has 0 unspecified atom stereocenters. The van der Waals surface area contributed by atoms with Crippen molar-refractivity contribution in [1.82, 2.24) is 20.9 Å². The van der Waals surface area contributed by atoms with Gasteiger partial charge in [-0.1, -0.05) is 12.1 Å². The predicted octanol–water partition coefficient (Wildman–Crippen LogP) is 2.30. The van der Waals surface area contributed by atoms with Gasteiger partial charge in [0.2, 0.25) is 5.91 Å². The molecular weight excluding hydrogens is 511 g/mol. The van der Waals surface area contributed by atoms with Crippen LogP contribution >= 0.6 is 24.0 Å². The van der Waals surface area contributed by atoms with Crippen molar-refractivity contribution in [3.05, 3.63) is 39.9 Å². The average Bonchev–Trinajstić information content (AvgIpc) is 2.75. The number of rotatable bonds is 10. The zero-order chi connectivity index (χ0) is 21.8. The van der Waals surface area contributed by atoms with Crippen LogP contribution in [0.4, 0.5) is 5.69 Å². The molecule has 1 amide bonds. The van der Waals surface area contributed by atoms with Crippen LogP contribution in [0.3, 0.4) is 0 Å². The fourth-order valence-electron chi connectivity index (χ4n) is 3.45. The fraction of sp³-hybridized carbons (Fsp3) is 0.619. The van der Waals surface area contributed by atoms with Gasteiger partial charge in [-0.25, -0.2) is 0 Å². The lowest BCUT2D eigenvalue weighted by molar-refractivity contribution is -0.384. The Kier molecular flexibility index (Phi) is 13.1. The summed E-state index contributed by atoms with van der Waals surface area (Å²) in [5.41, 5.74) is 1.24. The molecule has 0 aliphatic carbocycles. The highest BCUT2D eigenvalue weighted by Crippen LogP contribution is 2.14. The van der Waals surface area contributed by atoms with Crippen molar-refractivity contribution in [2.75, 3.05) is 39.8 Å². The molecule has 0 aromatic heterocycles. The Morgan fingerprint density at radius 2 is 1.90 bits per heavy atom. The number of halogens is 1. The molecule has 1 aliphatic rings. The van der Waals surface area contributed by atoms with Crippen LogP contribution in [-0.2, 0) is 11.2 Å². The molecule has 0 saturated carbocycles. The maximum Gasteiger partial charge on any atom is 0.269 e. The SMILES string of the molecule is CCNC(=NCCCCc1ccc([N+](=O)[O-])cc1)NC1CCN(CC(=O)NC)CC1.I. The van der Waals surface area contributed by atoms with Crippen molar-refractivity contribution in [2.24, 2.45) is 4.99 Å². The molecule has 1 aromatic rings. The van der Waals surface area contributed by atoms with Crippen LogP contribution < -0.4 is 16.0 Å². The summed E-state index contributed by atoms with van der Waals surface area (Å²) in [6.45, 7) is 5.87. The number of non-ortho nitro benzene ring substituents is 1. The van der Waals surface area contributed by atoms with Crippen molar-refractivity contribution in [3.63, 3.8) is 0 Å². The number of likely N-dealkylation sites (tertiary alicyclic amines) is 1. The predicted molar refractivity (Wildman–Crippen MR) is 134 cm³/mol. The summed E-state index contributed by atoms with van der Waals surface area (Å²) in [5.74, 6) is 0.905. The third-order valence-corrected chi connectivity index (χ3v) is 5.21. The number of hydrogen-bond donors (Lipinski definition) is 3. The number of nitrogens with one attached hydrogen (secondary N) is 3. The number of hydrogen-bond acceptors (Lipinski definition) is 5. The molecule has 0 radical (unpaired) electrons. The van der Waals surface area contributed by atoms with Gasteiger partial charge in [0.05, 0.1) is 11.5 Å². The number of piperidine rings is 1. The van der Waals surface area contributed by atoms with Crippen LogP contribution in [0, 0.1) is 10.1 Å². The molecule has 1 aliphatic heterocycles. The summed E-state index contributed by atoms with van der Waals surface area (Å²) in [7, 11) is 1.67. The van der Waals surface area contributed by atoms with Crippen LogP contribution in [0.15, 0.2) is 29.3 Å². The van der Waals surface area contributed by atoms with Gasteiger partial charge in [-0.05, 0) is 44.6 Å². The second-order valence-corrected chi connectivity index (χ2v) is 7.51. The van der Waals surface area contributed by atoms with E-state index in [1.165, 1.54) is 0 Å². The molecule has 1 saturated heterocycles. The van der Waals surface area contributed by atoms with E-state index in [9.17, 15) is 14.9 Å². The second kappa shape index (κ2) is 15.0. The third kappa shape index (κ3) is 10.3. The van der Waals surface area contributed by atoms with Crippen LogP contribution in [0.5, 0.6) is 0 Å². The van der Waals surface area contributed by atoms with Gasteiger partial charge in [0, 0.05) is 51.4 Å². The quantitative estimate of drug-likeness (QED) is 0.104. The molecule has 0 bridgehead atoms. The number of nitrogens with zero attached hydrogens (tertiary/aromatic N) is 3. The van der Waals surface area contributed by atoms with E-state index in [1.54, 1.807) is 19.2 Å². The van der Waals surface area contributed by atoms with Gasteiger partial charge in [-0.3, -0.25) is 24.8 Å². The van der Waals surface area contributed by atoms with Crippen LogP contribution in [0.25, 0.3) is 0 Å². The number of nitro groups is 1. The van der Waals surface area contributed by atoms with E-state index in [4.69, 9.17) is 0 Å². The first-order chi connectivity index (χ1) is 14.5. The van der Waals surface area contributed by atoms with E-state index in [-0.39, 0.29) is 40.5 Å². The molecule has 31 heavy (non-hydrogen) atoms. The first-order valence-electron chi connectivity index (χ1n) is 10.7. The number of aryl methyl sites for hydroxylation is 1. The molecule has 0 spiro atoms. The Morgan fingerprint density at radius 1 is 1.23 bits per heavy atom. The number of carbonyl (C=O) groups excluding carboxylic acids is 1. The molecule has 0 atom stereocenters. The molecule has 10 heteroatoms. The van der Waals surface area contributed by atoms with Gasteiger partial charge in [0.15, 0.2) is 5.96 Å². The summed E-state index contributed by atoms with van der Waals surface area (Å²) in [4.78, 5) is 28.7. The van der Waals surface area contributed by atoms with Crippen LogP contribution in [0.1, 0.15) is 38.2 Å². The lowest BCUT2D eigenvalue weighted by Crippen LogP contribution is -2.50. The number of guanidine groups is 1. The summed E-state index contributed by atoms with van der Waals surface area (Å²) < 4.78 is 0. The number of nitro benzene ring substituents is 1. The third-order valence-electron chi connectivity index (χ3n) is 5.21. The number of unbranched alkanes of at least 4 members (excludes halogenated alkanes) is 1. The maximum atomic E-state index is 11.5. The zero-order valence-electron chi connectivity index (χ0n) is 18.4. The van der Waals surface area contributed by atoms with E-state index in [2.05, 4.69) is 32.8 Å². The normalized spacial score (nSPS) is 15.1. The number of benzene rings is 1. The van der Waals surface area contributed by atoms with Crippen LogP contribution in [0.2, 0.25) is 0 Å². The topological polar surface area (TPSA) is 112 Å². The van der Waals surface area contributed by atoms with Crippen molar-refractivity contribution < 1.29 is 9.72 Å². The summed E-state index contributed by atoms with van der Waals surface area (Å²) in [5, 5.41) is 20.2. The first kappa shape index (κ1) is 27.1. The Bertz CT molecular complexity index is 706. The monoisotopic (exact) mass is 546 g/mol. The average molecular weight is 546 g/mol. The summed E-state index contributed by atoms with van der Waals surface area (Å²) in [6.07, 6.45) is 4.81. The van der Waals surface area contributed by atoms with Crippen molar-refractivity contribution in [3.8, 4) is 0 Å². The number of likely N-dealkylation sites (N-methyl/N-ethyl adjacent to an activating group) is 1. The number of amides is 1. The van der Waals surface area contributed by atoms with E-state index in [0.717, 1.165) is 69.8 Å². The molecular formula is C21H35IN6O3. The Hall–Kier alpha value is -1.95. The van der Waals surface area contributed by atoms with Crippen molar-refractivity contribution in [1.29, 1.82) is 0 Å². The Labute approximate surface area is 201 Å². The molecule has 2 rings (SSSR count). The maximum absolute atomic E-state index is 11.5. The minimum absolute atomic E-state index is 0. The highest BCUT2D eigenvalue weighted by atomic mass is 127.